The first-order chi connectivity index (χ1) is 10.2. The molecule has 0 unspecified atom stereocenters. The summed E-state index contributed by atoms with van der Waals surface area (Å²) in [5.41, 5.74) is 5.36. The number of aromatic nitrogens is 1. The Morgan fingerprint density at radius 2 is 1.86 bits per heavy atom. The van der Waals surface area contributed by atoms with E-state index >= 15 is 0 Å². The van der Waals surface area contributed by atoms with E-state index in [-0.39, 0.29) is 0 Å². The van der Waals surface area contributed by atoms with Crippen molar-refractivity contribution in [2.75, 3.05) is 5.32 Å². The highest BCUT2D eigenvalue weighted by Gasteiger charge is 2.07. The van der Waals surface area contributed by atoms with E-state index in [1.54, 1.807) is 0 Å². The molecular formula is C18H15N3. The van der Waals surface area contributed by atoms with Crippen LogP contribution >= 0.6 is 0 Å². The van der Waals surface area contributed by atoms with Crippen molar-refractivity contribution < 1.29 is 0 Å². The summed E-state index contributed by atoms with van der Waals surface area (Å²) in [6.45, 7) is 3.99. The van der Waals surface area contributed by atoms with Gasteiger partial charge in [0, 0.05) is 11.1 Å². The number of nitriles is 1. The van der Waals surface area contributed by atoms with E-state index in [0.29, 0.717) is 5.56 Å². The molecule has 1 aromatic heterocycles. The molecule has 0 atom stereocenters. The van der Waals surface area contributed by atoms with Crippen LogP contribution in [-0.2, 0) is 0 Å². The number of anilines is 2. The number of fused-ring (bicyclic) bond motifs is 1. The van der Waals surface area contributed by atoms with Crippen molar-refractivity contribution in [1.82, 2.24) is 4.98 Å². The average molecular weight is 273 g/mol. The number of para-hydroxylation sites is 1. The molecule has 0 aliphatic heterocycles. The lowest BCUT2D eigenvalue weighted by Crippen LogP contribution is -1.96. The van der Waals surface area contributed by atoms with E-state index in [2.05, 4.69) is 22.4 Å². The molecule has 1 heterocycles. The highest BCUT2D eigenvalue weighted by atomic mass is 14.9. The molecule has 3 rings (SSSR count). The molecule has 3 aromatic rings. The van der Waals surface area contributed by atoms with Crippen LogP contribution in [-0.4, -0.2) is 4.98 Å². The maximum atomic E-state index is 9.24. The monoisotopic (exact) mass is 273 g/mol. The fourth-order valence-electron chi connectivity index (χ4n) is 2.35. The summed E-state index contributed by atoms with van der Waals surface area (Å²) in [4.78, 5) is 4.60. The van der Waals surface area contributed by atoms with Gasteiger partial charge in [0.1, 0.15) is 6.07 Å². The fraction of sp³-hybridized carbons (Fsp3) is 0.111. The predicted octanol–water partition coefficient (Wildman–Crippen LogP) is 4.47. The Hall–Kier alpha value is -2.86. The van der Waals surface area contributed by atoms with Gasteiger partial charge in [-0.25, -0.2) is 0 Å². The lowest BCUT2D eigenvalue weighted by atomic mass is 10.1. The molecule has 2 aromatic carbocycles. The second-order valence-electron chi connectivity index (χ2n) is 5.12. The van der Waals surface area contributed by atoms with Crippen LogP contribution in [0.25, 0.3) is 10.9 Å². The van der Waals surface area contributed by atoms with Crippen LogP contribution in [0.5, 0.6) is 0 Å². The minimum absolute atomic E-state index is 0.630. The van der Waals surface area contributed by atoms with E-state index in [1.807, 2.05) is 56.3 Å². The highest BCUT2D eigenvalue weighted by molar-refractivity contribution is 5.92. The summed E-state index contributed by atoms with van der Waals surface area (Å²) in [5.74, 6) is 0. The van der Waals surface area contributed by atoms with Crippen molar-refractivity contribution in [3.05, 3.63) is 65.4 Å². The Morgan fingerprint density at radius 1 is 1.00 bits per heavy atom. The van der Waals surface area contributed by atoms with Crippen LogP contribution < -0.4 is 5.32 Å². The van der Waals surface area contributed by atoms with Gasteiger partial charge in [0.25, 0.3) is 0 Å². The summed E-state index contributed by atoms with van der Waals surface area (Å²) < 4.78 is 0. The van der Waals surface area contributed by atoms with Crippen LogP contribution in [0.4, 0.5) is 11.4 Å². The van der Waals surface area contributed by atoms with Gasteiger partial charge in [0.2, 0.25) is 0 Å². The second-order valence-corrected chi connectivity index (χ2v) is 5.12. The van der Waals surface area contributed by atoms with Gasteiger partial charge in [-0.3, -0.25) is 4.98 Å². The van der Waals surface area contributed by atoms with Crippen LogP contribution in [0.2, 0.25) is 0 Å². The predicted molar refractivity (Wildman–Crippen MR) is 85.7 cm³/mol. The first-order valence-corrected chi connectivity index (χ1v) is 6.81. The molecule has 0 fully saturated rings. The normalized spacial score (nSPS) is 10.3. The topological polar surface area (TPSA) is 48.7 Å². The van der Waals surface area contributed by atoms with E-state index in [4.69, 9.17) is 0 Å². The van der Waals surface area contributed by atoms with Crippen molar-refractivity contribution in [1.29, 1.82) is 5.26 Å². The van der Waals surface area contributed by atoms with Gasteiger partial charge in [0.05, 0.1) is 22.5 Å². The Kier molecular flexibility index (Phi) is 3.29. The summed E-state index contributed by atoms with van der Waals surface area (Å²) >= 11 is 0. The van der Waals surface area contributed by atoms with Gasteiger partial charge < -0.3 is 5.32 Å². The average Bonchev–Trinajstić information content (AvgIpc) is 2.48. The quantitative estimate of drug-likeness (QED) is 0.749. The zero-order chi connectivity index (χ0) is 14.8. The lowest BCUT2D eigenvalue weighted by Gasteiger charge is -2.11. The maximum Gasteiger partial charge on any atom is 0.101 e. The number of hydrogen-bond acceptors (Lipinski definition) is 3. The molecule has 3 heteroatoms. The van der Waals surface area contributed by atoms with Gasteiger partial charge in [-0.2, -0.15) is 5.26 Å². The van der Waals surface area contributed by atoms with Crippen LogP contribution in [0, 0.1) is 25.2 Å². The number of nitrogens with zero attached hydrogens (tertiary/aromatic N) is 2. The van der Waals surface area contributed by atoms with E-state index in [1.165, 1.54) is 0 Å². The van der Waals surface area contributed by atoms with Crippen LogP contribution in [0.3, 0.4) is 0 Å². The van der Waals surface area contributed by atoms with Crippen molar-refractivity contribution in [3.63, 3.8) is 0 Å². The molecule has 3 nitrogen and oxygen atoms in total. The molecular weight excluding hydrogens is 258 g/mol. The number of hydrogen-bond donors (Lipinski definition) is 1. The minimum Gasteiger partial charge on any atom is -0.353 e. The zero-order valence-corrected chi connectivity index (χ0v) is 12.0. The second kappa shape index (κ2) is 5.26. The van der Waals surface area contributed by atoms with Crippen molar-refractivity contribution in [2.45, 2.75) is 13.8 Å². The third-order valence-corrected chi connectivity index (χ3v) is 3.42. The standard InChI is InChI=1S/C18H15N3/c1-12-6-8-15(11-19)17(10-12)21-16-5-3-4-14-9-7-13(2)20-18(14)16/h3-10,21H,1-2H3. The number of rotatable bonds is 2. The van der Waals surface area contributed by atoms with Gasteiger partial charge in [-0.1, -0.05) is 24.3 Å². The van der Waals surface area contributed by atoms with Gasteiger partial charge in [-0.05, 0) is 43.7 Å². The fourth-order valence-corrected chi connectivity index (χ4v) is 2.35. The zero-order valence-electron chi connectivity index (χ0n) is 12.0. The molecule has 0 aliphatic rings. The SMILES string of the molecule is Cc1ccc(C#N)c(Nc2cccc3ccc(C)nc23)c1. The minimum atomic E-state index is 0.630. The number of nitrogens with one attached hydrogen (secondary N) is 1. The molecule has 102 valence electrons. The molecule has 0 saturated carbocycles. The summed E-state index contributed by atoms with van der Waals surface area (Å²) in [7, 11) is 0. The molecule has 1 N–H and O–H groups in total. The summed E-state index contributed by atoms with van der Waals surface area (Å²) in [5, 5.41) is 13.7. The number of aryl methyl sites for hydroxylation is 2. The number of benzene rings is 2. The third-order valence-electron chi connectivity index (χ3n) is 3.42. The van der Waals surface area contributed by atoms with Crippen LogP contribution in [0.15, 0.2) is 48.5 Å². The molecule has 0 aliphatic carbocycles. The molecule has 0 spiro atoms. The first-order valence-electron chi connectivity index (χ1n) is 6.81. The van der Waals surface area contributed by atoms with Crippen molar-refractivity contribution >= 4 is 22.3 Å². The molecule has 0 bridgehead atoms. The Bertz CT molecular complexity index is 860. The first kappa shape index (κ1) is 13.1. The Labute approximate surface area is 123 Å². The number of pyridine rings is 1. The molecule has 0 radical (unpaired) electrons. The van der Waals surface area contributed by atoms with E-state index in [0.717, 1.165) is 33.5 Å². The van der Waals surface area contributed by atoms with E-state index in [9.17, 15) is 5.26 Å². The van der Waals surface area contributed by atoms with Gasteiger partial charge in [-0.15, -0.1) is 0 Å². The maximum absolute atomic E-state index is 9.24. The highest BCUT2D eigenvalue weighted by Crippen LogP contribution is 2.27. The molecule has 0 saturated heterocycles. The van der Waals surface area contributed by atoms with Crippen molar-refractivity contribution in [3.8, 4) is 6.07 Å². The summed E-state index contributed by atoms with van der Waals surface area (Å²) in [6.07, 6.45) is 0. The summed E-state index contributed by atoms with van der Waals surface area (Å²) in [6, 6.07) is 18.0. The van der Waals surface area contributed by atoms with Crippen molar-refractivity contribution in [2.24, 2.45) is 0 Å². The third kappa shape index (κ3) is 2.56. The van der Waals surface area contributed by atoms with E-state index < -0.39 is 0 Å². The largest absolute Gasteiger partial charge is 0.353 e. The van der Waals surface area contributed by atoms with Gasteiger partial charge >= 0.3 is 0 Å². The van der Waals surface area contributed by atoms with Crippen LogP contribution in [0.1, 0.15) is 16.8 Å². The smallest absolute Gasteiger partial charge is 0.101 e. The lowest BCUT2D eigenvalue weighted by molar-refractivity contribution is 1.25. The van der Waals surface area contributed by atoms with Gasteiger partial charge in [0.15, 0.2) is 0 Å². The molecule has 0 amide bonds. The Balaban J connectivity index is 2.13. The molecule has 21 heavy (non-hydrogen) atoms. The Morgan fingerprint density at radius 3 is 2.67 bits per heavy atom.